The molecule has 0 saturated heterocycles. The Morgan fingerprint density at radius 3 is 2.92 bits per heavy atom. The van der Waals surface area contributed by atoms with Crippen molar-refractivity contribution >= 4 is 16.7 Å². The Labute approximate surface area is 70.8 Å². The first-order valence-electron chi connectivity index (χ1n) is 3.86. The number of aromatic nitrogens is 2. The van der Waals surface area contributed by atoms with Crippen LogP contribution in [0.25, 0.3) is 10.9 Å². The number of fused-ring (bicyclic) bond motifs is 1. The van der Waals surface area contributed by atoms with Crippen molar-refractivity contribution in [1.82, 2.24) is 9.55 Å². The molecule has 0 aromatic carbocycles. The number of hydrogen-bond acceptors (Lipinski definition) is 2. The number of rotatable bonds is 0. The summed E-state index contributed by atoms with van der Waals surface area (Å²) in [7, 11) is 2.02. The fraction of sp³-hybridized carbons (Fsp3) is 0.222. The molecular formula is C9H11N3. The first-order valence-corrected chi connectivity index (χ1v) is 3.86. The van der Waals surface area contributed by atoms with Crippen LogP contribution >= 0.6 is 0 Å². The van der Waals surface area contributed by atoms with Gasteiger partial charge in [0.25, 0.3) is 0 Å². The van der Waals surface area contributed by atoms with Gasteiger partial charge in [-0.25, -0.2) is 4.98 Å². The number of nitrogen functional groups attached to an aromatic ring is 1. The Morgan fingerprint density at radius 1 is 1.42 bits per heavy atom. The maximum atomic E-state index is 5.58. The molecule has 2 aromatic rings. The normalized spacial score (nSPS) is 10.8. The van der Waals surface area contributed by atoms with Crippen LogP contribution in [0.5, 0.6) is 0 Å². The van der Waals surface area contributed by atoms with Crippen molar-refractivity contribution < 1.29 is 0 Å². The molecule has 0 amide bonds. The Bertz CT molecular complexity index is 429. The van der Waals surface area contributed by atoms with E-state index in [1.165, 1.54) is 5.69 Å². The zero-order valence-electron chi connectivity index (χ0n) is 7.20. The molecule has 2 N–H and O–H groups in total. The Balaban J connectivity index is 2.88. The van der Waals surface area contributed by atoms with E-state index in [-0.39, 0.29) is 0 Å². The van der Waals surface area contributed by atoms with Gasteiger partial charge >= 0.3 is 0 Å². The molecule has 0 atom stereocenters. The zero-order valence-corrected chi connectivity index (χ0v) is 7.20. The van der Waals surface area contributed by atoms with Gasteiger partial charge in [-0.15, -0.1) is 0 Å². The molecular weight excluding hydrogens is 150 g/mol. The van der Waals surface area contributed by atoms with E-state index in [0.29, 0.717) is 5.82 Å². The molecule has 3 nitrogen and oxygen atoms in total. The van der Waals surface area contributed by atoms with Gasteiger partial charge in [0, 0.05) is 30.4 Å². The summed E-state index contributed by atoms with van der Waals surface area (Å²) in [6.07, 6.45) is 1.80. The molecule has 0 aliphatic rings. The summed E-state index contributed by atoms with van der Waals surface area (Å²) in [5, 5.41) is 1.14. The number of nitrogens with zero attached hydrogens (tertiary/aromatic N) is 2. The van der Waals surface area contributed by atoms with E-state index in [0.717, 1.165) is 10.9 Å². The molecule has 0 aliphatic carbocycles. The van der Waals surface area contributed by atoms with Crippen LogP contribution in [-0.2, 0) is 7.05 Å². The minimum atomic E-state index is 0.573. The topological polar surface area (TPSA) is 43.8 Å². The van der Waals surface area contributed by atoms with E-state index in [2.05, 4.69) is 22.5 Å². The summed E-state index contributed by atoms with van der Waals surface area (Å²) in [5.74, 6) is 0.573. The van der Waals surface area contributed by atoms with E-state index >= 15 is 0 Å². The van der Waals surface area contributed by atoms with Gasteiger partial charge in [-0.3, -0.25) is 0 Å². The van der Waals surface area contributed by atoms with Crippen LogP contribution in [0.2, 0.25) is 0 Å². The van der Waals surface area contributed by atoms with Crippen LogP contribution in [0.3, 0.4) is 0 Å². The molecule has 2 heterocycles. The lowest BCUT2D eigenvalue weighted by atomic mass is 10.3. The van der Waals surface area contributed by atoms with Crippen molar-refractivity contribution in [2.75, 3.05) is 5.73 Å². The highest BCUT2D eigenvalue weighted by Gasteiger charge is 2.01. The van der Waals surface area contributed by atoms with Crippen molar-refractivity contribution in [3.05, 3.63) is 24.0 Å². The predicted molar refractivity (Wildman–Crippen MR) is 49.9 cm³/mol. The molecule has 0 unspecified atom stereocenters. The van der Waals surface area contributed by atoms with Crippen LogP contribution in [0, 0.1) is 6.92 Å². The first kappa shape index (κ1) is 7.16. The number of hydrogen-bond donors (Lipinski definition) is 1. The van der Waals surface area contributed by atoms with E-state index in [9.17, 15) is 0 Å². The third-order valence-electron chi connectivity index (χ3n) is 2.19. The quantitative estimate of drug-likeness (QED) is 0.635. The third-order valence-corrected chi connectivity index (χ3v) is 2.19. The van der Waals surface area contributed by atoms with E-state index in [4.69, 9.17) is 5.73 Å². The summed E-state index contributed by atoms with van der Waals surface area (Å²) in [4.78, 5) is 4.03. The van der Waals surface area contributed by atoms with Crippen molar-refractivity contribution in [2.45, 2.75) is 6.92 Å². The fourth-order valence-corrected chi connectivity index (χ4v) is 1.38. The highest BCUT2D eigenvalue weighted by Crippen LogP contribution is 2.18. The molecule has 12 heavy (non-hydrogen) atoms. The maximum absolute atomic E-state index is 5.58. The van der Waals surface area contributed by atoms with Crippen LogP contribution in [-0.4, -0.2) is 9.55 Å². The fourth-order valence-electron chi connectivity index (χ4n) is 1.38. The van der Waals surface area contributed by atoms with E-state index in [1.54, 1.807) is 6.20 Å². The number of pyridine rings is 1. The Kier molecular flexibility index (Phi) is 1.33. The average Bonchev–Trinajstić information content (AvgIpc) is 2.31. The van der Waals surface area contributed by atoms with Gasteiger partial charge in [-0.2, -0.15) is 0 Å². The monoisotopic (exact) mass is 161 g/mol. The van der Waals surface area contributed by atoms with Gasteiger partial charge in [-0.1, -0.05) is 0 Å². The second-order valence-electron chi connectivity index (χ2n) is 3.01. The van der Waals surface area contributed by atoms with Crippen LogP contribution in [0.4, 0.5) is 5.82 Å². The van der Waals surface area contributed by atoms with Gasteiger partial charge in [0.2, 0.25) is 0 Å². The highest BCUT2D eigenvalue weighted by molar-refractivity contribution is 5.82. The molecule has 0 bridgehead atoms. The standard InChI is InChI=1S/C9H11N3/c1-6-3-7-5-11-9(10)4-8(7)12(6)2/h3-5H,1-2H3,(H2,10,11). The summed E-state index contributed by atoms with van der Waals surface area (Å²) >= 11 is 0. The zero-order chi connectivity index (χ0) is 8.72. The maximum Gasteiger partial charge on any atom is 0.125 e. The van der Waals surface area contributed by atoms with E-state index < -0.39 is 0 Å². The predicted octanol–water partition coefficient (Wildman–Crippen LogP) is 1.46. The highest BCUT2D eigenvalue weighted by atomic mass is 15.0. The van der Waals surface area contributed by atoms with Gasteiger partial charge in [0.05, 0.1) is 5.52 Å². The lowest BCUT2D eigenvalue weighted by molar-refractivity contribution is 0.918. The van der Waals surface area contributed by atoms with Crippen molar-refractivity contribution in [3.63, 3.8) is 0 Å². The molecule has 62 valence electrons. The molecule has 0 spiro atoms. The smallest absolute Gasteiger partial charge is 0.125 e. The lowest BCUT2D eigenvalue weighted by Gasteiger charge is -1.98. The molecule has 0 aliphatic heterocycles. The number of anilines is 1. The van der Waals surface area contributed by atoms with Crippen LogP contribution in [0.1, 0.15) is 5.69 Å². The molecule has 0 radical (unpaired) electrons. The lowest BCUT2D eigenvalue weighted by Crippen LogP contribution is -1.92. The minimum Gasteiger partial charge on any atom is -0.384 e. The molecule has 0 fully saturated rings. The summed E-state index contributed by atoms with van der Waals surface area (Å²) in [5.41, 5.74) is 7.94. The molecule has 2 rings (SSSR count). The molecule has 0 saturated carbocycles. The van der Waals surface area contributed by atoms with Crippen LogP contribution < -0.4 is 5.73 Å². The van der Waals surface area contributed by atoms with Crippen molar-refractivity contribution in [1.29, 1.82) is 0 Å². The van der Waals surface area contributed by atoms with Crippen LogP contribution in [0.15, 0.2) is 18.3 Å². The van der Waals surface area contributed by atoms with Gasteiger partial charge in [-0.05, 0) is 13.0 Å². The summed E-state index contributed by atoms with van der Waals surface area (Å²) < 4.78 is 2.10. The first-order chi connectivity index (χ1) is 5.68. The SMILES string of the molecule is Cc1cc2cnc(N)cc2n1C. The van der Waals surface area contributed by atoms with E-state index in [1.807, 2.05) is 13.1 Å². The number of aryl methyl sites for hydroxylation is 2. The minimum absolute atomic E-state index is 0.573. The van der Waals surface area contributed by atoms with Crippen molar-refractivity contribution in [3.8, 4) is 0 Å². The van der Waals surface area contributed by atoms with Gasteiger partial charge in [0.1, 0.15) is 5.82 Å². The van der Waals surface area contributed by atoms with Gasteiger partial charge < -0.3 is 10.3 Å². The molecule has 2 aromatic heterocycles. The second-order valence-corrected chi connectivity index (χ2v) is 3.01. The van der Waals surface area contributed by atoms with Gasteiger partial charge in [0.15, 0.2) is 0 Å². The summed E-state index contributed by atoms with van der Waals surface area (Å²) in [6, 6.07) is 3.99. The number of nitrogens with two attached hydrogens (primary N) is 1. The Hall–Kier alpha value is -1.51. The Morgan fingerprint density at radius 2 is 2.17 bits per heavy atom. The second kappa shape index (κ2) is 2.24. The summed E-state index contributed by atoms with van der Waals surface area (Å²) in [6.45, 7) is 2.07. The largest absolute Gasteiger partial charge is 0.384 e. The third kappa shape index (κ3) is 0.863. The van der Waals surface area contributed by atoms with Crippen molar-refractivity contribution in [2.24, 2.45) is 7.05 Å². The average molecular weight is 161 g/mol. The molecule has 3 heteroatoms.